The van der Waals surface area contributed by atoms with Gasteiger partial charge in [-0.1, -0.05) is 17.7 Å². The molecule has 0 unspecified atom stereocenters. The van der Waals surface area contributed by atoms with Crippen LogP contribution in [-0.2, 0) is 17.8 Å². The average Bonchev–Trinajstić information content (AvgIpc) is 2.36. The van der Waals surface area contributed by atoms with Crippen molar-refractivity contribution in [2.75, 3.05) is 12.8 Å². The van der Waals surface area contributed by atoms with Crippen LogP contribution in [0.15, 0.2) is 23.0 Å². The third-order valence-corrected chi connectivity index (χ3v) is 3.17. The van der Waals surface area contributed by atoms with Crippen LogP contribution in [0.3, 0.4) is 0 Å². The monoisotopic (exact) mass is 297 g/mol. The van der Waals surface area contributed by atoms with Crippen LogP contribution >= 0.6 is 11.6 Å². The maximum absolute atomic E-state index is 13.8. The Kier molecular flexibility index (Phi) is 4.36. The van der Waals surface area contributed by atoms with Gasteiger partial charge in [-0.25, -0.2) is 9.37 Å². The lowest BCUT2D eigenvalue weighted by atomic mass is 10.0. The summed E-state index contributed by atoms with van der Waals surface area (Å²) in [6.45, 7) is 0.107. The largest absolute Gasteiger partial charge is 0.378 e. The van der Waals surface area contributed by atoms with Crippen LogP contribution in [0, 0.1) is 5.82 Å². The Balaban J connectivity index is 2.50. The number of methoxy groups -OCH3 is 1. The number of nitrogens with zero attached hydrogens (tertiary/aromatic N) is 1. The number of aromatic amines is 1. The Hall–Kier alpha value is -1.92. The van der Waals surface area contributed by atoms with E-state index in [1.807, 2.05) is 0 Å². The van der Waals surface area contributed by atoms with Crippen LogP contribution in [0.1, 0.15) is 16.8 Å². The lowest BCUT2D eigenvalue weighted by molar-refractivity contribution is 0.180. The maximum atomic E-state index is 13.8. The Labute approximate surface area is 119 Å². The summed E-state index contributed by atoms with van der Waals surface area (Å²) in [4.78, 5) is 18.4. The van der Waals surface area contributed by atoms with Gasteiger partial charge in [-0.15, -0.1) is 0 Å². The number of rotatable bonds is 4. The summed E-state index contributed by atoms with van der Waals surface area (Å²) in [5, 5.41) is 0.254. The van der Waals surface area contributed by atoms with Crippen LogP contribution in [0.25, 0.3) is 0 Å². The fourth-order valence-corrected chi connectivity index (χ4v) is 2.11. The molecule has 0 aliphatic carbocycles. The lowest BCUT2D eigenvalue weighted by Gasteiger charge is -2.10. The highest BCUT2D eigenvalue weighted by atomic mass is 35.5. The van der Waals surface area contributed by atoms with Crippen molar-refractivity contribution in [1.29, 1.82) is 0 Å². The average molecular weight is 298 g/mol. The van der Waals surface area contributed by atoms with Crippen molar-refractivity contribution in [3.63, 3.8) is 0 Å². The van der Waals surface area contributed by atoms with Crippen molar-refractivity contribution < 1.29 is 9.13 Å². The van der Waals surface area contributed by atoms with Crippen LogP contribution in [0.2, 0.25) is 5.02 Å². The van der Waals surface area contributed by atoms with E-state index in [1.54, 1.807) is 6.07 Å². The number of hydrogen-bond acceptors (Lipinski definition) is 4. The minimum absolute atomic E-state index is 0.00886. The molecule has 0 amide bonds. The first kappa shape index (κ1) is 14.5. The first-order valence-corrected chi connectivity index (χ1v) is 6.20. The van der Waals surface area contributed by atoms with Crippen LogP contribution in [-0.4, -0.2) is 17.1 Å². The van der Waals surface area contributed by atoms with Crippen LogP contribution < -0.4 is 11.3 Å². The molecule has 0 spiro atoms. The number of hydrogen-bond donors (Lipinski definition) is 2. The number of nitrogen functional groups attached to an aromatic ring is 1. The summed E-state index contributed by atoms with van der Waals surface area (Å²) in [5.41, 5.74) is 5.96. The summed E-state index contributed by atoms with van der Waals surface area (Å²) in [5.74, 6) is -0.484. The third kappa shape index (κ3) is 2.97. The quantitative estimate of drug-likeness (QED) is 0.903. The van der Waals surface area contributed by atoms with Gasteiger partial charge in [0.15, 0.2) is 0 Å². The van der Waals surface area contributed by atoms with E-state index in [0.29, 0.717) is 5.69 Å². The maximum Gasteiger partial charge on any atom is 0.256 e. The predicted octanol–water partition coefficient (Wildman–Crippen LogP) is 1.88. The molecular weight excluding hydrogens is 285 g/mol. The van der Waals surface area contributed by atoms with Crippen molar-refractivity contribution in [3.8, 4) is 0 Å². The number of benzene rings is 1. The molecule has 106 valence electrons. The Morgan fingerprint density at radius 2 is 2.20 bits per heavy atom. The van der Waals surface area contributed by atoms with Gasteiger partial charge in [0.25, 0.3) is 5.56 Å². The highest BCUT2D eigenvalue weighted by Crippen LogP contribution is 2.22. The van der Waals surface area contributed by atoms with Gasteiger partial charge in [-0.3, -0.25) is 9.78 Å². The van der Waals surface area contributed by atoms with Crippen molar-refractivity contribution in [2.24, 2.45) is 0 Å². The zero-order valence-electron chi connectivity index (χ0n) is 10.7. The second kappa shape index (κ2) is 6.02. The standard InChI is InChI=1S/C13H13ClFN3O2/c1-20-6-11-8(12(19)18-13(16)17-11)5-7-9(14)3-2-4-10(7)15/h2-4H,5-6H2,1H3,(H3,16,17,18,19). The van der Waals surface area contributed by atoms with Gasteiger partial charge in [0.05, 0.1) is 12.3 Å². The molecule has 0 atom stereocenters. The van der Waals surface area contributed by atoms with Gasteiger partial charge in [0.2, 0.25) is 5.95 Å². The molecule has 7 heteroatoms. The van der Waals surface area contributed by atoms with Gasteiger partial charge in [0.1, 0.15) is 5.82 Å². The normalized spacial score (nSPS) is 10.8. The fourth-order valence-electron chi connectivity index (χ4n) is 1.88. The zero-order chi connectivity index (χ0) is 14.7. The first-order valence-electron chi connectivity index (χ1n) is 5.82. The van der Waals surface area contributed by atoms with Crippen LogP contribution in [0.5, 0.6) is 0 Å². The van der Waals surface area contributed by atoms with Gasteiger partial charge >= 0.3 is 0 Å². The van der Waals surface area contributed by atoms with Crippen molar-refractivity contribution >= 4 is 17.5 Å². The molecule has 20 heavy (non-hydrogen) atoms. The highest BCUT2D eigenvalue weighted by Gasteiger charge is 2.15. The molecule has 5 nitrogen and oxygen atoms in total. The summed E-state index contributed by atoms with van der Waals surface area (Å²) in [7, 11) is 1.47. The number of ether oxygens (including phenoxy) is 1. The topological polar surface area (TPSA) is 81.0 Å². The SMILES string of the molecule is COCc1nc(N)[nH]c(=O)c1Cc1c(F)cccc1Cl. The van der Waals surface area contributed by atoms with E-state index in [1.165, 1.54) is 19.2 Å². The number of nitrogens with two attached hydrogens (primary N) is 1. The number of anilines is 1. The number of H-pyrrole nitrogens is 1. The third-order valence-electron chi connectivity index (χ3n) is 2.82. The second-order valence-electron chi connectivity index (χ2n) is 4.19. The summed E-state index contributed by atoms with van der Waals surface area (Å²) >= 11 is 5.96. The minimum Gasteiger partial charge on any atom is -0.378 e. The summed E-state index contributed by atoms with van der Waals surface area (Å²) in [6.07, 6.45) is 0.0206. The number of aromatic nitrogens is 2. The molecule has 2 rings (SSSR count). The summed E-state index contributed by atoms with van der Waals surface area (Å²) < 4.78 is 18.8. The van der Waals surface area contributed by atoms with Gasteiger partial charge in [-0.05, 0) is 12.1 Å². The Bertz CT molecular complexity index is 668. The molecule has 1 aromatic heterocycles. The molecule has 1 heterocycles. The molecule has 0 aliphatic rings. The second-order valence-corrected chi connectivity index (χ2v) is 4.59. The molecule has 0 radical (unpaired) electrons. The molecule has 0 fully saturated rings. The van der Waals surface area contributed by atoms with Gasteiger partial charge in [-0.2, -0.15) is 0 Å². The van der Waals surface area contributed by atoms with Gasteiger partial charge < -0.3 is 10.5 Å². The van der Waals surface area contributed by atoms with Crippen molar-refractivity contribution in [1.82, 2.24) is 9.97 Å². The minimum atomic E-state index is -0.475. The van der Waals surface area contributed by atoms with E-state index in [4.69, 9.17) is 22.1 Å². The first-order chi connectivity index (χ1) is 9.52. The van der Waals surface area contributed by atoms with Crippen LogP contribution in [0.4, 0.5) is 10.3 Å². The molecule has 0 bridgehead atoms. The number of halogens is 2. The molecule has 0 saturated carbocycles. The van der Waals surface area contributed by atoms with E-state index in [-0.39, 0.29) is 35.1 Å². The molecule has 3 N–H and O–H groups in total. The fraction of sp³-hybridized carbons (Fsp3) is 0.231. The zero-order valence-corrected chi connectivity index (χ0v) is 11.5. The van der Waals surface area contributed by atoms with Crippen molar-refractivity contribution in [2.45, 2.75) is 13.0 Å². The van der Waals surface area contributed by atoms with Gasteiger partial charge in [0, 0.05) is 29.7 Å². The predicted molar refractivity (Wildman–Crippen MR) is 74.2 cm³/mol. The van der Waals surface area contributed by atoms with E-state index in [2.05, 4.69) is 9.97 Å². The molecule has 1 aromatic carbocycles. The summed E-state index contributed by atoms with van der Waals surface area (Å²) in [6, 6.07) is 4.35. The lowest BCUT2D eigenvalue weighted by Crippen LogP contribution is -2.21. The molecule has 0 saturated heterocycles. The van der Waals surface area contributed by atoms with Crippen molar-refractivity contribution in [3.05, 3.63) is 56.2 Å². The smallest absolute Gasteiger partial charge is 0.256 e. The van der Waals surface area contributed by atoms with E-state index in [9.17, 15) is 9.18 Å². The van der Waals surface area contributed by atoms with E-state index >= 15 is 0 Å². The van der Waals surface area contributed by atoms with E-state index < -0.39 is 11.4 Å². The molecule has 0 aliphatic heterocycles. The Morgan fingerprint density at radius 3 is 2.85 bits per heavy atom. The molecule has 2 aromatic rings. The van der Waals surface area contributed by atoms with E-state index in [0.717, 1.165) is 0 Å². The highest BCUT2D eigenvalue weighted by molar-refractivity contribution is 6.31. The molecular formula is C13H13ClFN3O2. The Morgan fingerprint density at radius 1 is 1.45 bits per heavy atom. The number of nitrogens with one attached hydrogen (secondary N) is 1.